The number of halogens is 3. The zero-order chi connectivity index (χ0) is 16.9. The van der Waals surface area contributed by atoms with Crippen LogP contribution in [0.2, 0.25) is 0 Å². The van der Waals surface area contributed by atoms with Crippen molar-refractivity contribution in [3.05, 3.63) is 23.4 Å². The topological polar surface area (TPSA) is 79.7 Å². The molecule has 0 saturated heterocycles. The van der Waals surface area contributed by atoms with Gasteiger partial charge in [-0.1, -0.05) is 11.8 Å². The van der Waals surface area contributed by atoms with Crippen LogP contribution in [0.25, 0.3) is 0 Å². The average Bonchev–Trinajstić information content (AvgIpc) is 2.44. The van der Waals surface area contributed by atoms with E-state index in [1.54, 1.807) is 0 Å². The second kappa shape index (κ2) is 7.80. The maximum Gasteiger partial charge on any atom is 0.421 e. The summed E-state index contributed by atoms with van der Waals surface area (Å²) in [5.41, 5.74) is -1.30. The van der Waals surface area contributed by atoms with Crippen LogP contribution in [0.5, 0.6) is 5.88 Å². The lowest BCUT2D eigenvalue weighted by molar-refractivity contribution is -0.139. The first kappa shape index (κ1) is 18.7. The molecule has 1 rings (SSSR count). The zero-order valence-corrected chi connectivity index (χ0v) is 12.7. The third-order valence-corrected chi connectivity index (χ3v) is 3.64. The maximum absolute atomic E-state index is 12.9. The summed E-state index contributed by atoms with van der Waals surface area (Å²) in [5.74, 6) is -0.353. The van der Waals surface area contributed by atoms with E-state index in [0.29, 0.717) is 6.07 Å². The summed E-state index contributed by atoms with van der Waals surface area (Å²) in [6.07, 6.45) is -6.46. The van der Waals surface area contributed by atoms with Crippen LogP contribution in [0.4, 0.5) is 13.2 Å². The van der Waals surface area contributed by atoms with Crippen LogP contribution in [0.3, 0.4) is 0 Å². The average molecular weight is 339 g/mol. The molecule has 5 nitrogen and oxygen atoms in total. The molecule has 0 saturated carbocycles. The van der Waals surface area contributed by atoms with Crippen molar-refractivity contribution >= 4 is 16.9 Å². The third-order valence-electron chi connectivity index (χ3n) is 2.80. The minimum absolute atomic E-state index is 0.0544. The second-order valence-corrected chi connectivity index (χ2v) is 5.74. The number of carbonyl (C=O) groups excluding carboxylic acids is 1. The number of carbonyl (C=O) groups is 1. The molecule has 1 aromatic rings. The Morgan fingerprint density at radius 2 is 2.09 bits per heavy atom. The fraction of sp³-hybridized carbons (Fsp3) is 0.538. The molecule has 0 fully saturated rings. The molecular weight excluding hydrogens is 323 g/mol. The summed E-state index contributed by atoms with van der Waals surface area (Å²) >= 11 is 0.960. The fourth-order valence-corrected chi connectivity index (χ4v) is 2.35. The van der Waals surface area contributed by atoms with Gasteiger partial charge in [0, 0.05) is 24.4 Å². The van der Waals surface area contributed by atoms with E-state index in [1.807, 2.05) is 0 Å². The number of ether oxygens (including phenoxy) is 1. The van der Waals surface area contributed by atoms with Crippen LogP contribution in [0.1, 0.15) is 30.6 Å². The molecule has 0 aromatic carbocycles. The van der Waals surface area contributed by atoms with E-state index < -0.39 is 29.8 Å². The largest absolute Gasteiger partial charge is 0.481 e. The Kier molecular flexibility index (Phi) is 6.64. The van der Waals surface area contributed by atoms with Gasteiger partial charge in [0.15, 0.2) is 5.12 Å². The molecule has 1 heterocycles. The highest BCUT2D eigenvalue weighted by Gasteiger charge is 2.36. The monoisotopic (exact) mass is 339 g/mol. The number of hydrogen-bond acceptors (Lipinski definition) is 6. The summed E-state index contributed by atoms with van der Waals surface area (Å²) in [7, 11) is 1.06. The van der Waals surface area contributed by atoms with Crippen molar-refractivity contribution in [1.29, 1.82) is 0 Å². The van der Waals surface area contributed by atoms with E-state index in [1.165, 1.54) is 6.92 Å². The molecule has 0 spiro atoms. The van der Waals surface area contributed by atoms with Gasteiger partial charge in [-0.25, -0.2) is 4.98 Å². The molecule has 0 amide bonds. The van der Waals surface area contributed by atoms with E-state index in [-0.39, 0.29) is 22.9 Å². The summed E-state index contributed by atoms with van der Waals surface area (Å²) < 4.78 is 43.1. The van der Waals surface area contributed by atoms with Crippen molar-refractivity contribution in [1.82, 2.24) is 4.98 Å². The van der Waals surface area contributed by atoms with Gasteiger partial charge in [0.1, 0.15) is 11.7 Å². The minimum atomic E-state index is -4.69. The first-order valence-corrected chi connectivity index (χ1v) is 7.26. The first-order valence-electron chi connectivity index (χ1n) is 6.27. The molecule has 2 N–H and O–H groups in total. The Bertz CT molecular complexity index is 524. The van der Waals surface area contributed by atoms with Gasteiger partial charge in [-0.2, -0.15) is 13.2 Å². The SMILES string of the molecule is COc1ncc(C(O)C(O)CCSC(C)=O)cc1C(F)(F)F. The van der Waals surface area contributed by atoms with E-state index in [9.17, 15) is 28.2 Å². The molecule has 0 bridgehead atoms. The number of hydrogen-bond donors (Lipinski definition) is 2. The summed E-state index contributed by atoms with van der Waals surface area (Å²) in [5, 5.41) is 19.6. The molecule has 0 aliphatic carbocycles. The van der Waals surface area contributed by atoms with Crippen molar-refractivity contribution < 1.29 is 32.9 Å². The molecule has 0 aliphatic heterocycles. The Labute approximate surface area is 129 Å². The highest BCUT2D eigenvalue weighted by atomic mass is 32.2. The Hall–Kier alpha value is -1.32. The Balaban J connectivity index is 2.89. The van der Waals surface area contributed by atoms with E-state index in [4.69, 9.17) is 0 Å². The standard InChI is InChI=1S/C13H16F3NO4S/c1-7(18)22-4-3-10(19)11(20)8-5-9(13(14,15)16)12(21-2)17-6-8/h5-6,10-11,19-20H,3-4H2,1-2H3. The molecule has 2 unspecified atom stereocenters. The van der Waals surface area contributed by atoms with Gasteiger partial charge in [0.05, 0.1) is 13.2 Å². The van der Waals surface area contributed by atoms with Crippen LogP contribution < -0.4 is 4.74 Å². The van der Waals surface area contributed by atoms with E-state index in [2.05, 4.69) is 9.72 Å². The predicted molar refractivity (Wildman–Crippen MR) is 74.5 cm³/mol. The number of alkyl halides is 3. The number of pyridine rings is 1. The lowest BCUT2D eigenvalue weighted by atomic mass is 10.0. The number of aliphatic hydroxyl groups excluding tert-OH is 2. The quantitative estimate of drug-likeness (QED) is 0.827. The number of aromatic nitrogens is 1. The molecule has 9 heteroatoms. The van der Waals surface area contributed by atoms with Crippen molar-refractivity contribution in [3.63, 3.8) is 0 Å². The van der Waals surface area contributed by atoms with Crippen LogP contribution >= 0.6 is 11.8 Å². The van der Waals surface area contributed by atoms with E-state index in [0.717, 1.165) is 25.1 Å². The summed E-state index contributed by atoms with van der Waals surface area (Å²) in [6, 6.07) is 0.692. The molecule has 22 heavy (non-hydrogen) atoms. The van der Waals surface area contributed by atoms with E-state index >= 15 is 0 Å². The van der Waals surface area contributed by atoms with Crippen molar-refractivity contribution in [2.24, 2.45) is 0 Å². The van der Waals surface area contributed by atoms with Gasteiger partial charge in [-0.05, 0) is 12.5 Å². The fourth-order valence-electron chi connectivity index (χ4n) is 1.70. The predicted octanol–water partition coefficient (Wildman–Crippen LogP) is 2.17. The smallest absolute Gasteiger partial charge is 0.421 e. The molecule has 2 atom stereocenters. The third kappa shape index (κ3) is 5.15. The van der Waals surface area contributed by atoms with Gasteiger partial charge in [0.25, 0.3) is 0 Å². The molecule has 0 radical (unpaired) electrons. The van der Waals surface area contributed by atoms with Crippen LogP contribution in [0.15, 0.2) is 12.3 Å². The zero-order valence-electron chi connectivity index (χ0n) is 11.9. The van der Waals surface area contributed by atoms with Gasteiger partial charge >= 0.3 is 6.18 Å². The van der Waals surface area contributed by atoms with Gasteiger partial charge < -0.3 is 14.9 Å². The minimum Gasteiger partial charge on any atom is -0.481 e. The number of thioether (sulfide) groups is 1. The number of rotatable bonds is 6. The van der Waals surface area contributed by atoms with Gasteiger partial charge in [0.2, 0.25) is 5.88 Å². The second-order valence-electron chi connectivity index (χ2n) is 4.46. The first-order chi connectivity index (χ1) is 10.2. The van der Waals surface area contributed by atoms with Gasteiger partial charge in [-0.3, -0.25) is 4.79 Å². The Morgan fingerprint density at radius 1 is 1.45 bits per heavy atom. The van der Waals surface area contributed by atoms with Crippen LogP contribution in [-0.2, 0) is 11.0 Å². The normalized spacial score (nSPS) is 14.5. The molecule has 1 aromatic heterocycles. The number of nitrogens with zero attached hydrogens (tertiary/aromatic N) is 1. The lowest BCUT2D eigenvalue weighted by Gasteiger charge is -2.19. The van der Waals surface area contributed by atoms with Gasteiger partial charge in [-0.15, -0.1) is 0 Å². The molecule has 124 valence electrons. The van der Waals surface area contributed by atoms with Crippen molar-refractivity contribution in [2.75, 3.05) is 12.9 Å². The number of aliphatic hydroxyl groups is 2. The Morgan fingerprint density at radius 3 is 2.59 bits per heavy atom. The maximum atomic E-state index is 12.9. The van der Waals surface area contributed by atoms with Crippen LogP contribution in [-0.4, -0.2) is 39.3 Å². The summed E-state index contributed by atoms with van der Waals surface area (Å²) in [6.45, 7) is 1.36. The van der Waals surface area contributed by atoms with Crippen molar-refractivity contribution in [3.8, 4) is 5.88 Å². The number of methoxy groups -OCH3 is 1. The molecular formula is C13H16F3NO4S. The highest BCUT2D eigenvalue weighted by Crippen LogP contribution is 2.36. The lowest BCUT2D eigenvalue weighted by Crippen LogP contribution is -2.20. The molecule has 0 aliphatic rings. The van der Waals surface area contributed by atoms with Crippen molar-refractivity contribution in [2.45, 2.75) is 31.7 Å². The summed E-state index contributed by atoms with van der Waals surface area (Å²) in [4.78, 5) is 14.3. The highest BCUT2D eigenvalue weighted by molar-refractivity contribution is 8.13. The van der Waals surface area contributed by atoms with Crippen LogP contribution in [0, 0.1) is 0 Å².